The molecule has 0 fully saturated rings. The van der Waals surface area contributed by atoms with Crippen LogP contribution in [0.1, 0.15) is 30.7 Å². The number of rotatable bonds is 6. The molecule has 0 spiro atoms. The van der Waals surface area contributed by atoms with Gasteiger partial charge in [-0.3, -0.25) is 9.59 Å². The van der Waals surface area contributed by atoms with E-state index in [1.807, 2.05) is 11.5 Å². The number of imidazole rings is 1. The Morgan fingerprint density at radius 2 is 2.36 bits per heavy atom. The molecule has 6 nitrogen and oxygen atoms in total. The van der Waals surface area contributed by atoms with E-state index in [-0.39, 0.29) is 16.8 Å². The van der Waals surface area contributed by atoms with Crippen LogP contribution in [0.5, 0.6) is 0 Å². The van der Waals surface area contributed by atoms with Crippen molar-refractivity contribution in [3.8, 4) is 0 Å². The second kappa shape index (κ2) is 6.93. The molecule has 1 amide bonds. The Morgan fingerprint density at radius 1 is 1.60 bits per heavy atom. The first-order valence-corrected chi connectivity index (χ1v) is 9.89. The minimum Gasteiger partial charge on any atom is -0.369 e. The molecule has 1 aliphatic rings. The molecule has 2 aromatic heterocycles. The predicted octanol–water partition coefficient (Wildman–Crippen LogP) is 2.46. The second-order valence-electron chi connectivity index (χ2n) is 6.30. The SMILES string of the molecule is C=CCn1c(SCC(N)=O)nc2c(=O)c3c(sc21)COC(C)(CC)C3. The van der Waals surface area contributed by atoms with Crippen LogP contribution >= 0.6 is 23.1 Å². The maximum Gasteiger partial charge on any atom is 0.227 e. The summed E-state index contributed by atoms with van der Waals surface area (Å²) in [6.07, 6.45) is 3.19. The van der Waals surface area contributed by atoms with Crippen molar-refractivity contribution in [2.75, 3.05) is 5.75 Å². The van der Waals surface area contributed by atoms with Crippen LogP contribution in [0.3, 0.4) is 0 Å². The summed E-state index contributed by atoms with van der Waals surface area (Å²) in [5.74, 6) is -0.296. The number of carbonyl (C=O) groups excluding carboxylic acids is 1. The molecule has 0 saturated carbocycles. The topological polar surface area (TPSA) is 87.2 Å². The summed E-state index contributed by atoms with van der Waals surface area (Å²) in [5, 5.41) is 0.614. The lowest BCUT2D eigenvalue weighted by atomic mass is 9.91. The van der Waals surface area contributed by atoms with Crippen molar-refractivity contribution in [3.05, 3.63) is 33.3 Å². The minimum absolute atomic E-state index is 0.0320. The highest BCUT2D eigenvalue weighted by atomic mass is 32.2. The van der Waals surface area contributed by atoms with Crippen molar-refractivity contribution in [1.29, 1.82) is 0 Å². The Morgan fingerprint density at radius 3 is 3.00 bits per heavy atom. The van der Waals surface area contributed by atoms with Gasteiger partial charge in [0.25, 0.3) is 0 Å². The highest BCUT2D eigenvalue weighted by Crippen LogP contribution is 2.34. The summed E-state index contributed by atoms with van der Waals surface area (Å²) in [5.41, 5.74) is 6.17. The van der Waals surface area contributed by atoms with Crippen LogP contribution in [0.25, 0.3) is 10.3 Å². The van der Waals surface area contributed by atoms with E-state index in [1.165, 1.54) is 23.1 Å². The van der Waals surface area contributed by atoms with Gasteiger partial charge in [-0.1, -0.05) is 24.8 Å². The maximum atomic E-state index is 13.0. The summed E-state index contributed by atoms with van der Waals surface area (Å²) in [6.45, 7) is 8.83. The smallest absolute Gasteiger partial charge is 0.227 e. The van der Waals surface area contributed by atoms with Crippen LogP contribution in [0.2, 0.25) is 0 Å². The van der Waals surface area contributed by atoms with Crippen molar-refractivity contribution in [1.82, 2.24) is 9.55 Å². The highest BCUT2D eigenvalue weighted by Gasteiger charge is 2.32. The van der Waals surface area contributed by atoms with Gasteiger partial charge in [-0.2, -0.15) is 0 Å². The number of nitrogens with two attached hydrogens (primary N) is 1. The third-order valence-electron chi connectivity index (χ3n) is 4.44. The normalized spacial score (nSPS) is 19.8. The van der Waals surface area contributed by atoms with Gasteiger partial charge in [0, 0.05) is 23.4 Å². The van der Waals surface area contributed by atoms with Gasteiger partial charge < -0.3 is 15.0 Å². The average Bonchev–Trinajstić information content (AvgIpc) is 2.93. The van der Waals surface area contributed by atoms with Crippen LogP contribution in [-0.2, 0) is 29.1 Å². The van der Waals surface area contributed by atoms with Crippen LogP contribution in [0.15, 0.2) is 22.6 Å². The van der Waals surface area contributed by atoms with E-state index in [4.69, 9.17) is 10.5 Å². The van der Waals surface area contributed by atoms with Gasteiger partial charge in [0.2, 0.25) is 11.3 Å². The first kappa shape index (κ1) is 18.2. The second-order valence-corrected chi connectivity index (χ2v) is 8.33. The van der Waals surface area contributed by atoms with E-state index < -0.39 is 5.91 Å². The number of aromatic nitrogens is 2. The first-order chi connectivity index (χ1) is 11.9. The minimum atomic E-state index is -0.417. The average molecular weight is 380 g/mol. The zero-order valence-corrected chi connectivity index (χ0v) is 16.0. The van der Waals surface area contributed by atoms with E-state index in [1.54, 1.807) is 6.08 Å². The summed E-state index contributed by atoms with van der Waals surface area (Å²) >= 11 is 2.78. The number of fused-ring (bicyclic) bond motifs is 2. The van der Waals surface area contributed by atoms with Crippen LogP contribution < -0.4 is 11.2 Å². The molecule has 2 N–H and O–H groups in total. The van der Waals surface area contributed by atoms with E-state index in [2.05, 4.69) is 18.5 Å². The van der Waals surface area contributed by atoms with E-state index in [0.29, 0.717) is 30.2 Å². The Hall–Kier alpha value is -1.64. The molecule has 1 unspecified atom stereocenters. The fourth-order valence-corrected chi connectivity index (χ4v) is 4.79. The molecule has 2 aromatic rings. The zero-order chi connectivity index (χ0) is 18.2. The van der Waals surface area contributed by atoms with Crippen molar-refractivity contribution >= 4 is 39.4 Å². The molecule has 0 aliphatic carbocycles. The number of ether oxygens (including phenoxy) is 1. The highest BCUT2D eigenvalue weighted by molar-refractivity contribution is 7.99. The molecular weight excluding hydrogens is 358 g/mol. The molecule has 0 saturated heterocycles. The number of thioether (sulfide) groups is 1. The summed E-state index contributed by atoms with van der Waals surface area (Å²) in [7, 11) is 0. The maximum absolute atomic E-state index is 13.0. The van der Waals surface area contributed by atoms with E-state index >= 15 is 0 Å². The number of allylic oxidation sites excluding steroid dienone is 1. The van der Waals surface area contributed by atoms with Gasteiger partial charge in [0.1, 0.15) is 10.3 Å². The van der Waals surface area contributed by atoms with Gasteiger partial charge in [-0.05, 0) is 13.3 Å². The molecule has 0 bridgehead atoms. The lowest BCUT2D eigenvalue weighted by Gasteiger charge is -2.33. The molecule has 0 radical (unpaired) electrons. The van der Waals surface area contributed by atoms with Gasteiger partial charge in [-0.25, -0.2) is 4.98 Å². The molecule has 3 heterocycles. The Bertz CT molecular complexity index is 903. The van der Waals surface area contributed by atoms with E-state index in [9.17, 15) is 9.59 Å². The molecule has 0 aromatic carbocycles. The third kappa shape index (κ3) is 3.38. The molecule has 3 rings (SSSR count). The molecule has 134 valence electrons. The fraction of sp³-hybridized carbons (Fsp3) is 0.471. The zero-order valence-electron chi connectivity index (χ0n) is 14.3. The Labute approximate surface area is 154 Å². The van der Waals surface area contributed by atoms with Gasteiger partial charge in [0.15, 0.2) is 5.16 Å². The number of primary amides is 1. The van der Waals surface area contributed by atoms with E-state index in [0.717, 1.165) is 21.7 Å². The lowest BCUT2D eigenvalue weighted by Crippen LogP contribution is -2.37. The summed E-state index contributed by atoms with van der Waals surface area (Å²) in [4.78, 5) is 30.4. The Balaban J connectivity index is 2.15. The van der Waals surface area contributed by atoms with Gasteiger partial charge in [0.05, 0.1) is 18.0 Å². The van der Waals surface area contributed by atoms with Crippen LogP contribution in [0.4, 0.5) is 0 Å². The predicted molar refractivity (Wildman–Crippen MR) is 101 cm³/mol. The van der Waals surface area contributed by atoms with Crippen molar-refractivity contribution in [2.45, 2.75) is 50.6 Å². The van der Waals surface area contributed by atoms with Crippen LogP contribution in [0, 0.1) is 0 Å². The largest absolute Gasteiger partial charge is 0.369 e. The molecule has 1 aliphatic heterocycles. The first-order valence-electron chi connectivity index (χ1n) is 8.09. The fourth-order valence-electron chi connectivity index (χ4n) is 2.84. The lowest BCUT2D eigenvalue weighted by molar-refractivity contribution is -0.115. The number of amides is 1. The van der Waals surface area contributed by atoms with Crippen molar-refractivity contribution < 1.29 is 9.53 Å². The van der Waals surface area contributed by atoms with Gasteiger partial charge >= 0.3 is 0 Å². The molecule has 8 heteroatoms. The van der Waals surface area contributed by atoms with Crippen molar-refractivity contribution in [3.63, 3.8) is 0 Å². The number of carbonyl (C=O) groups is 1. The number of hydrogen-bond donors (Lipinski definition) is 1. The van der Waals surface area contributed by atoms with Gasteiger partial charge in [-0.15, -0.1) is 17.9 Å². The standard InChI is InChI=1S/C17H21N3O3S2/c1-4-6-20-15-13(19-16(20)24-9-12(18)21)14(22)10-7-17(3,5-2)23-8-11(10)25-15/h4H,1,5-9H2,2-3H3,(H2,18,21). The number of hydrogen-bond acceptors (Lipinski definition) is 6. The van der Waals surface area contributed by atoms with Crippen molar-refractivity contribution in [2.24, 2.45) is 5.73 Å². The third-order valence-corrected chi connectivity index (χ3v) is 6.65. The summed E-state index contributed by atoms with van der Waals surface area (Å²) in [6, 6.07) is 0. The number of nitrogens with zero attached hydrogens (tertiary/aromatic N) is 2. The molecule has 1 atom stereocenters. The quantitative estimate of drug-likeness (QED) is 0.615. The molecule has 25 heavy (non-hydrogen) atoms. The molecular formula is C17H21N3O3S2. The Kier molecular flexibility index (Phi) is 5.04. The summed E-state index contributed by atoms with van der Waals surface area (Å²) < 4.78 is 7.90. The van der Waals surface area contributed by atoms with Crippen LogP contribution in [-0.4, -0.2) is 26.8 Å². The monoisotopic (exact) mass is 379 g/mol.